The molecule has 0 spiro atoms. The molecule has 0 radical (unpaired) electrons. The van der Waals surface area contributed by atoms with E-state index in [2.05, 4.69) is 36.3 Å². The monoisotopic (exact) mass is 548 g/mol. The van der Waals surface area contributed by atoms with Crippen molar-refractivity contribution >= 4 is 45.2 Å². The fourth-order valence-corrected chi connectivity index (χ4v) is 5.11. The van der Waals surface area contributed by atoms with Gasteiger partial charge in [0, 0.05) is 39.0 Å². The average molecular weight is 550 g/mol. The predicted molar refractivity (Wildman–Crippen MR) is 136 cm³/mol. The molecule has 33 heavy (non-hydrogen) atoms. The van der Waals surface area contributed by atoms with E-state index in [1.807, 2.05) is 60.3 Å². The second-order valence-corrected chi connectivity index (χ2v) is 10.5. The lowest BCUT2D eigenvalue weighted by atomic mass is 9.96. The maximum atomic E-state index is 12.5. The Morgan fingerprint density at radius 3 is 2.76 bits per heavy atom. The zero-order valence-electron chi connectivity index (χ0n) is 18.2. The van der Waals surface area contributed by atoms with Gasteiger partial charge in [0.15, 0.2) is 0 Å². The molecule has 6 nitrogen and oxygen atoms in total. The number of amides is 1. The van der Waals surface area contributed by atoms with E-state index in [1.165, 1.54) is 5.56 Å². The molecule has 1 N–H and O–H groups in total. The fraction of sp³-hybridized carbons (Fsp3) is 0.375. The van der Waals surface area contributed by atoms with E-state index in [9.17, 15) is 4.79 Å². The molecular weight excluding hydrogens is 524 g/mol. The number of piperidine rings is 1. The number of carbonyl (C=O) groups is 1. The van der Waals surface area contributed by atoms with Crippen molar-refractivity contribution in [2.45, 2.75) is 25.1 Å². The number of rotatable bonds is 9. The molecule has 0 bridgehead atoms. The molecule has 1 saturated heterocycles. The highest BCUT2D eigenvalue weighted by Gasteiger charge is 2.25. The van der Waals surface area contributed by atoms with Crippen molar-refractivity contribution in [1.82, 2.24) is 20.4 Å². The number of hydrogen-bond donors (Lipinski definition) is 1. The molecule has 1 aliphatic heterocycles. The minimum atomic E-state index is 0.0717. The van der Waals surface area contributed by atoms with Gasteiger partial charge in [0.25, 0.3) is 0 Å². The maximum Gasteiger partial charge on any atom is 0.241 e. The summed E-state index contributed by atoms with van der Waals surface area (Å²) in [4.78, 5) is 19.3. The van der Waals surface area contributed by atoms with Crippen LogP contribution in [0.4, 0.5) is 0 Å². The first-order valence-corrected chi connectivity index (χ1v) is 13.3. The number of thioether (sulfide) groups is 1. The average Bonchev–Trinajstić information content (AvgIpc) is 3.29. The normalized spacial score (nSPS) is 15.0. The van der Waals surface area contributed by atoms with E-state index in [0.717, 1.165) is 52.5 Å². The summed E-state index contributed by atoms with van der Waals surface area (Å²) in [5, 5.41) is 7.95. The van der Waals surface area contributed by atoms with Crippen LogP contribution in [0.3, 0.4) is 0 Å². The topological polar surface area (TPSA) is 71.3 Å². The Morgan fingerprint density at radius 2 is 2.00 bits per heavy atom. The Labute approximate surface area is 211 Å². The first kappa shape index (κ1) is 24.3. The minimum absolute atomic E-state index is 0.0717. The summed E-state index contributed by atoms with van der Waals surface area (Å²) in [6, 6.07) is 15.7. The molecule has 1 aliphatic rings. The number of likely N-dealkylation sites (tertiary alicyclic amines) is 1. The molecule has 1 amide bonds. The summed E-state index contributed by atoms with van der Waals surface area (Å²) in [5.41, 5.74) is 2.16. The van der Waals surface area contributed by atoms with Gasteiger partial charge in [0.2, 0.25) is 17.6 Å². The number of benzene rings is 2. The lowest BCUT2D eigenvalue weighted by Gasteiger charge is -2.30. The Morgan fingerprint density at radius 1 is 1.21 bits per heavy atom. The number of aromatic nitrogens is 2. The highest BCUT2D eigenvalue weighted by molar-refractivity contribution is 9.10. The van der Waals surface area contributed by atoms with E-state index >= 15 is 0 Å². The fourth-order valence-electron chi connectivity index (χ4n) is 3.77. The van der Waals surface area contributed by atoms with Crippen LogP contribution in [0.25, 0.3) is 11.4 Å². The van der Waals surface area contributed by atoms with Crippen molar-refractivity contribution in [3.05, 3.63) is 69.5 Å². The Kier molecular flexibility index (Phi) is 8.83. The van der Waals surface area contributed by atoms with Crippen LogP contribution in [0.15, 0.2) is 57.5 Å². The van der Waals surface area contributed by atoms with Gasteiger partial charge < -0.3 is 9.84 Å². The van der Waals surface area contributed by atoms with Crippen LogP contribution >= 0.6 is 39.3 Å². The zero-order valence-corrected chi connectivity index (χ0v) is 21.3. The van der Waals surface area contributed by atoms with Gasteiger partial charge in [0.05, 0.1) is 6.54 Å². The quantitative estimate of drug-likeness (QED) is 0.360. The highest BCUT2D eigenvalue weighted by atomic mass is 79.9. The summed E-state index contributed by atoms with van der Waals surface area (Å²) in [6.45, 7) is 2.99. The van der Waals surface area contributed by atoms with Crippen molar-refractivity contribution in [3.8, 4) is 11.4 Å². The van der Waals surface area contributed by atoms with Crippen LogP contribution in [0.1, 0.15) is 24.3 Å². The molecule has 2 heterocycles. The number of halogens is 2. The third kappa shape index (κ3) is 7.30. The number of carbonyl (C=O) groups excluding carboxylic acids is 1. The van der Waals surface area contributed by atoms with E-state index in [-0.39, 0.29) is 11.8 Å². The highest BCUT2D eigenvalue weighted by Crippen LogP contribution is 2.22. The molecule has 0 unspecified atom stereocenters. The van der Waals surface area contributed by atoms with Gasteiger partial charge >= 0.3 is 0 Å². The number of nitrogens with zero attached hydrogens (tertiary/aromatic N) is 3. The van der Waals surface area contributed by atoms with E-state index in [0.29, 0.717) is 24.8 Å². The van der Waals surface area contributed by atoms with Crippen molar-refractivity contribution in [1.29, 1.82) is 0 Å². The van der Waals surface area contributed by atoms with Crippen LogP contribution in [0.2, 0.25) is 5.02 Å². The predicted octanol–water partition coefficient (Wildman–Crippen LogP) is 5.41. The Bertz CT molecular complexity index is 1050. The first-order chi connectivity index (χ1) is 16.1. The Hall–Kier alpha value is -1.87. The largest absolute Gasteiger partial charge is 0.355 e. The zero-order chi connectivity index (χ0) is 23.0. The van der Waals surface area contributed by atoms with Gasteiger partial charge in [-0.25, -0.2) is 0 Å². The standard InChI is InChI=1S/C24H26BrClN4O2S/c25-20-3-1-2-19(14-20)23-28-22(32-29-23)15-30-11-8-18(9-12-30)24(31)27-10-13-33-16-17-4-6-21(26)7-5-17/h1-7,14,18H,8-13,15-16H2,(H,27,31). The third-order valence-electron chi connectivity index (χ3n) is 5.60. The van der Waals surface area contributed by atoms with Crippen LogP contribution in [0, 0.1) is 5.92 Å². The van der Waals surface area contributed by atoms with Crippen LogP contribution in [0.5, 0.6) is 0 Å². The minimum Gasteiger partial charge on any atom is -0.355 e. The van der Waals surface area contributed by atoms with Crippen LogP contribution in [-0.4, -0.2) is 46.3 Å². The molecular formula is C24H26BrClN4O2S. The summed E-state index contributed by atoms with van der Waals surface area (Å²) < 4.78 is 6.42. The smallest absolute Gasteiger partial charge is 0.241 e. The summed E-state index contributed by atoms with van der Waals surface area (Å²) in [6.07, 6.45) is 1.69. The SMILES string of the molecule is O=C(NCCSCc1ccc(Cl)cc1)C1CCN(Cc2nc(-c3cccc(Br)c3)no2)CC1. The van der Waals surface area contributed by atoms with Gasteiger partial charge in [-0.3, -0.25) is 9.69 Å². The van der Waals surface area contributed by atoms with E-state index in [4.69, 9.17) is 16.1 Å². The van der Waals surface area contributed by atoms with Crippen molar-refractivity contribution in [2.24, 2.45) is 5.92 Å². The molecule has 1 aromatic heterocycles. The molecule has 174 valence electrons. The second kappa shape index (κ2) is 12.0. The number of nitrogens with one attached hydrogen (secondary N) is 1. The van der Waals surface area contributed by atoms with Gasteiger partial charge in [-0.05, 0) is 55.8 Å². The van der Waals surface area contributed by atoms with Gasteiger partial charge in [-0.2, -0.15) is 16.7 Å². The van der Waals surface area contributed by atoms with Crippen molar-refractivity contribution < 1.29 is 9.32 Å². The maximum absolute atomic E-state index is 12.5. The van der Waals surface area contributed by atoms with Crippen LogP contribution < -0.4 is 5.32 Å². The van der Waals surface area contributed by atoms with Gasteiger partial charge in [-0.15, -0.1) is 0 Å². The summed E-state index contributed by atoms with van der Waals surface area (Å²) in [7, 11) is 0. The summed E-state index contributed by atoms with van der Waals surface area (Å²) in [5.74, 6) is 3.24. The molecule has 4 rings (SSSR count). The third-order valence-corrected chi connectivity index (χ3v) is 7.37. The molecule has 0 saturated carbocycles. The van der Waals surface area contributed by atoms with E-state index in [1.54, 1.807) is 0 Å². The molecule has 2 aromatic carbocycles. The number of hydrogen-bond acceptors (Lipinski definition) is 6. The lowest BCUT2D eigenvalue weighted by Crippen LogP contribution is -2.40. The molecule has 1 fully saturated rings. The lowest BCUT2D eigenvalue weighted by molar-refractivity contribution is -0.126. The summed E-state index contributed by atoms with van der Waals surface area (Å²) >= 11 is 11.2. The van der Waals surface area contributed by atoms with Crippen molar-refractivity contribution in [2.75, 3.05) is 25.4 Å². The van der Waals surface area contributed by atoms with Gasteiger partial charge in [0.1, 0.15) is 0 Å². The molecule has 3 aromatic rings. The first-order valence-electron chi connectivity index (χ1n) is 11.0. The Balaban J connectivity index is 1.14. The van der Waals surface area contributed by atoms with Crippen LogP contribution in [-0.2, 0) is 17.1 Å². The van der Waals surface area contributed by atoms with Gasteiger partial charge in [-0.1, -0.05) is 57.0 Å². The molecule has 9 heteroatoms. The van der Waals surface area contributed by atoms with Crippen molar-refractivity contribution in [3.63, 3.8) is 0 Å². The van der Waals surface area contributed by atoms with E-state index < -0.39 is 0 Å². The molecule has 0 atom stereocenters. The molecule has 0 aliphatic carbocycles. The second-order valence-electron chi connectivity index (χ2n) is 8.04.